The number of carbonyl (C=O) groups excluding carboxylic acids is 1. The van der Waals surface area contributed by atoms with E-state index < -0.39 is 5.97 Å². The lowest BCUT2D eigenvalue weighted by Crippen LogP contribution is -2.09. The van der Waals surface area contributed by atoms with Gasteiger partial charge in [-0.2, -0.15) is 0 Å². The SMILES string of the molecule is CCOC(=O)c1c(C)ccc(F)c1C. The molecule has 0 saturated carbocycles. The van der Waals surface area contributed by atoms with Gasteiger partial charge in [-0.3, -0.25) is 0 Å². The molecule has 0 N–H and O–H groups in total. The Hall–Kier alpha value is -1.38. The predicted octanol–water partition coefficient (Wildman–Crippen LogP) is 2.62. The molecule has 0 aliphatic rings. The fourth-order valence-electron chi connectivity index (χ4n) is 1.34. The van der Waals surface area contributed by atoms with Crippen LogP contribution in [0, 0.1) is 19.7 Å². The molecule has 0 aromatic heterocycles. The van der Waals surface area contributed by atoms with E-state index in [4.69, 9.17) is 4.74 Å². The molecule has 0 fully saturated rings. The first-order valence-corrected chi connectivity index (χ1v) is 4.50. The first kappa shape index (κ1) is 10.7. The van der Waals surface area contributed by atoms with Crippen molar-refractivity contribution in [3.05, 3.63) is 34.6 Å². The molecule has 0 unspecified atom stereocenters. The Balaban J connectivity index is 3.18. The minimum atomic E-state index is -0.456. The molecule has 3 heteroatoms. The zero-order valence-corrected chi connectivity index (χ0v) is 8.56. The molecule has 0 aliphatic heterocycles. The van der Waals surface area contributed by atoms with Crippen LogP contribution < -0.4 is 0 Å². The van der Waals surface area contributed by atoms with E-state index in [0.29, 0.717) is 17.7 Å². The molecule has 1 aromatic rings. The summed E-state index contributed by atoms with van der Waals surface area (Å²) in [4.78, 5) is 11.4. The van der Waals surface area contributed by atoms with Crippen LogP contribution in [0.15, 0.2) is 12.1 Å². The van der Waals surface area contributed by atoms with E-state index in [-0.39, 0.29) is 5.82 Å². The van der Waals surface area contributed by atoms with Crippen molar-refractivity contribution in [2.45, 2.75) is 20.8 Å². The topological polar surface area (TPSA) is 26.3 Å². The van der Waals surface area contributed by atoms with E-state index in [0.717, 1.165) is 5.56 Å². The maximum Gasteiger partial charge on any atom is 0.338 e. The van der Waals surface area contributed by atoms with Gasteiger partial charge in [0.1, 0.15) is 5.82 Å². The van der Waals surface area contributed by atoms with Crippen molar-refractivity contribution in [3.8, 4) is 0 Å². The highest BCUT2D eigenvalue weighted by atomic mass is 19.1. The number of halogens is 1. The van der Waals surface area contributed by atoms with Crippen LogP contribution in [0.3, 0.4) is 0 Å². The minimum Gasteiger partial charge on any atom is -0.462 e. The average molecular weight is 196 g/mol. The zero-order valence-electron chi connectivity index (χ0n) is 8.56. The van der Waals surface area contributed by atoms with Crippen molar-refractivity contribution < 1.29 is 13.9 Å². The largest absolute Gasteiger partial charge is 0.462 e. The summed E-state index contributed by atoms with van der Waals surface area (Å²) in [5.74, 6) is -0.833. The lowest BCUT2D eigenvalue weighted by molar-refractivity contribution is 0.0524. The van der Waals surface area contributed by atoms with Crippen LogP contribution in [0.5, 0.6) is 0 Å². The Bertz CT molecular complexity index is 359. The van der Waals surface area contributed by atoms with Gasteiger partial charge in [-0.15, -0.1) is 0 Å². The normalized spacial score (nSPS) is 10.0. The van der Waals surface area contributed by atoms with Crippen LogP contribution in [0.4, 0.5) is 4.39 Å². The summed E-state index contributed by atoms with van der Waals surface area (Å²) in [7, 11) is 0. The Kier molecular flexibility index (Phi) is 3.23. The van der Waals surface area contributed by atoms with Crippen molar-refractivity contribution in [2.24, 2.45) is 0 Å². The monoisotopic (exact) mass is 196 g/mol. The molecule has 0 aliphatic carbocycles. The van der Waals surface area contributed by atoms with E-state index in [1.165, 1.54) is 6.07 Å². The lowest BCUT2D eigenvalue weighted by atomic mass is 10.0. The van der Waals surface area contributed by atoms with Crippen LogP contribution in [0.1, 0.15) is 28.4 Å². The van der Waals surface area contributed by atoms with E-state index >= 15 is 0 Å². The number of rotatable bonds is 2. The molecule has 0 saturated heterocycles. The highest BCUT2D eigenvalue weighted by Crippen LogP contribution is 2.17. The average Bonchev–Trinajstić information content (AvgIpc) is 2.13. The first-order chi connectivity index (χ1) is 6.57. The molecule has 0 bridgehead atoms. The number of ether oxygens (including phenoxy) is 1. The van der Waals surface area contributed by atoms with E-state index in [2.05, 4.69) is 0 Å². The molecule has 1 rings (SSSR count). The number of aryl methyl sites for hydroxylation is 1. The van der Waals surface area contributed by atoms with Crippen molar-refractivity contribution in [1.82, 2.24) is 0 Å². The van der Waals surface area contributed by atoms with Crippen LogP contribution in [-0.4, -0.2) is 12.6 Å². The van der Waals surface area contributed by atoms with Gasteiger partial charge in [0.2, 0.25) is 0 Å². The molecule has 0 heterocycles. The van der Waals surface area contributed by atoms with E-state index in [1.54, 1.807) is 26.8 Å². The number of hydrogen-bond donors (Lipinski definition) is 0. The number of esters is 1. The molecule has 0 atom stereocenters. The van der Waals surface area contributed by atoms with Gasteiger partial charge in [-0.25, -0.2) is 9.18 Å². The van der Waals surface area contributed by atoms with E-state index in [1.807, 2.05) is 0 Å². The molecule has 0 spiro atoms. The fourth-order valence-corrected chi connectivity index (χ4v) is 1.34. The van der Waals surface area contributed by atoms with Crippen LogP contribution >= 0.6 is 0 Å². The lowest BCUT2D eigenvalue weighted by Gasteiger charge is -2.08. The van der Waals surface area contributed by atoms with Gasteiger partial charge in [-0.05, 0) is 38.0 Å². The van der Waals surface area contributed by atoms with Crippen molar-refractivity contribution >= 4 is 5.97 Å². The highest BCUT2D eigenvalue weighted by Gasteiger charge is 2.15. The van der Waals surface area contributed by atoms with Gasteiger partial charge in [0, 0.05) is 0 Å². The Labute approximate surface area is 82.7 Å². The van der Waals surface area contributed by atoms with Gasteiger partial charge in [-0.1, -0.05) is 6.07 Å². The summed E-state index contributed by atoms with van der Waals surface area (Å²) < 4.78 is 18.0. The summed E-state index contributed by atoms with van der Waals surface area (Å²) in [6, 6.07) is 2.93. The second-order valence-electron chi connectivity index (χ2n) is 3.08. The van der Waals surface area contributed by atoms with Gasteiger partial charge in [0.25, 0.3) is 0 Å². The molecule has 2 nitrogen and oxygen atoms in total. The second-order valence-corrected chi connectivity index (χ2v) is 3.08. The number of benzene rings is 1. The van der Waals surface area contributed by atoms with Crippen LogP contribution in [-0.2, 0) is 4.74 Å². The first-order valence-electron chi connectivity index (χ1n) is 4.50. The summed E-state index contributed by atoms with van der Waals surface area (Å²) in [6.45, 7) is 5.36. The summed E-state index contributed by atoms with van der Waals surface area (Å²) in [6.07, 6.45) is 0. The number of carbonyl (C=O) groups is 1. The maximum absolute atomic E-state index is 13.2. The predicted molar refractivity (Wildman–Crippen MR) is 51.8 cm³/mol. The standard InChI is InChI=1S/C11H13FO2/c1-4-14-11(13)10-7(2)5-6-9(12)8(10)3/h5-6H,4H2,1-3H3. The molecule has 76 valence electrons. The molecule has 14 heavy (non-hydrogen) atoms. The zero-order chi connectivity index (χ0) is 10.7. The Morgan fingerprint density at radius 1 is 1.43 bits per heavy atom. The van der Waals surface area contributed by atoms with Gasteiger partial charge >= 0.3 is 5.97 Å². The Morgan fingerprint density at radius 2 is 2.07 bits per heavy atom. The smallest absolute Gasteiger partial charge is 0.338 e. The molecular weight excluding hydrogens is 183 g/mol. The maximum atomic E-state index is 13.2. The van der Waals surface area contributed by atoms with Crippen molar-refractivity contribution in [2.75, 3.05) is 6.61 Å². The van der Waals surface area contributed by atoms with E-state index in [9.17, 15) is 9.18 Å². The van der Waals surface area contributed by atoms with Gasteiger partial charge in [0.15, 0.2) is 0 Å². The summed E-state index contributed by atoms with van der Waals surface area (Å²) in [5, 5.41) is 0. The molecule has 0 amide bonds. The van der Waals surface area contributed by atoms with Crippen LogP contribution in [0.2, 0.25) is 0 Å². The fraction of sp³-hybridized carbons (Fsp3) is 0.364. The second kappa shape index (κ2) is 4.22. The van der Waals surface area contributed by atoms with Crippen LogP contribution in [0.25, 0.3) is 0 Å². The molecule has 0 radical (unpaired) electrons. The molecular formula is C11H13FO2. The Morgan fingerprint density at radius 3 is 2.64 bits per heavy atom. The van der Waals surface area contributed by atoms with Crippen molar-refractivity contribution in [3.63, 3.8) is 0 Å². The summed E-state index contributed by atoms with van der Waals surface area (Å²) in [5.41, 5.74) is 1.43. The minimum absolute atomic E-state index is 0.300. The van der Waals surface area contributed by atoms with Crippen molar-refractivity contribution in [1.29, 1.82) is 0 Å². The highest BCUT2D eigenvalue weighted by molar-refractivity contribution is 5.92. The van der Waals surface area contributed by atoms with Gasteiger partial charge < -0.3 is 4.74 Å². The third-order valence-electron chi connectivity index (χ3n) is 2.09. The third kappa shape index (κ3) is 1.92. The van der Waals surface area contributed by atoms with Gasteiger partial charge in [0.05, 0.1) is 12.2 Å². The summed E-state index contributed by atoms with van der Waals surface area (Å²) >= 11 is 0. The number of hydrogen-bond acceptors (Lipinski definition) is 2. The quantitative estimate of drug-likeness (QED) is 0.679. The molecule has 1 aromatic carbocycles. The third-order valence-corrected chi connectivity index (χ3v) is 2.09.